The van der Waals surface area contributed by atoms with E-state index in [0.717, 1.165) is 39.0 Å². The fourth-order valence-corrected chi connectivity index (χ4v) is 3.69. The normalized spacial score (nSPS) is 11.3. The van der Waals surface area contributed by atoms with E-state index in [1.165, 1.54) is 6.07 Å². The van der Waals surface area contributed by atoms with Crippen molar-refractivity contribution in [3.8, 4) is 22.4 Å². The number of fused-ring (bicyclic) bond motifs is 2. The van der Waals surface area contributed by atoms with Crippen LogP contribution in [-0.2, 0) is 7.05 Å². The highest BCUT2D eigenvalue weighted by atomic mass is 19.1. The predicted molar refractivity (Wildman–Crippen MR) is 110 cm³/mol. The third-order valence-electron chi connectivity index (χ3n) is 5.20. The second-order valence-electron chi connectivity index (χ2n) is 7.23. The maximum atomic E-state index is 13.9. The van der Waals surface area contributed by atoms with Crippen molar-refractivity contribution in [3.63, 3.8) is 0 Å². The van der Waals surface area contributed by atoms with E-state index >= 15 is 0 Å². The number of nitrogens with one attached hydrogen (secondary N) is 1. The van der Waals surface area contributed by atoms with Gasteiger partial charge in [-0.25, -0.2) is 4.39 Å². The Morgan fingerprint density at radius 2 is 1.74 bits per heavy atom. The number of benzene rings is 3. The lowest BCUT2D eigenvalue weighted by Gasteiger charge is -2.23. The van der Waals surface area contributed by atoms with Gasteiger partial charge in [0.2, 0.25) is 0 Å². The van der Waals surface area contributed by atoms with E-state index in [1.807, 2.05) is 51.5 Å². The molecule has 4 heteroatoms. The zero-order chi connectivity index (χ0) is 19.3. The molecule has 0 unspecified atom stereocenters. The molecular formula is C23H22FN3. The number of rotatable bonds is 2. The molecule has 0 bridgehead atoms. The van der Waals surface area contributed by atoms with Gasteiger partial charge in [0.15, 0.2) is 0 Å². The minimum atomic E-state index is -0.197. The van der Waals surface area contributed by atoms with E-state index in [4.69, 9.17) is 5.41 Å². The minimum Gasteiger partial charge on any atom is -0.378 e. The van der Waals surface area contributed by atoms with Crippen LogP contribution in [0.2, 0.25) is 0 Å². The van der Waals surface area contributed by atoms with E-state index in [0.29, 0.717) is 10.9 Å². The molecule has 27 heavy (non-hydrogen) atoms. The van der Waals surface area contributed by atoms with Crippen LogP contribution in [0.5, 0.6) is 0 Å². The molecule has 0 aromatic heterocycles. The summed E-state index contributed by atoms with van der Waals surface area (Å²) < 4.78 is 16.0. The zero-order valence-corrected chi connectivity index (χ0v) is 16.0. The van der Waals surface area contributed by atoms with Crippen LogP contribution < -0.4 is 10.3 Å². The Morgan fingerprint density at radius 1 is 0.963 bits per heavy atom. The average Bonchev–Trinajstić information content (AvgIpc) is 2.65. The summed E-state index contributed by atoms with van der Waals surface area (Å²) in [6, 6.07) is 17.3. The molecule has 0 radical (unpaired) electrons. The molecule has 0 fully saturated rings. The van der Waals surface area contributed by atoms with Crippen LogP contribution in [0, 0.1) is 18.2 Å². The molecule has 2 aromatic carbocycles. The van der Waals surface area contributed by atoms with Crippen LogP contribution in [0.3, 0.4) is 0 Å². The summed E-state index contributed by atoms with van der Waals surface area (Å²) in [5.41, 5.74) is 6.93. The fraction of sp³-hybridized carbons (Fsp3) is 0.174. The SMILES string of the molecule is Cc1cc(-c2c3ccc(=N)cc-3n(C)c3cc(N(C)C)ccc23)ccc1F. The van der Waals surface area contributed by atoms with Crippen molar-refractivity contribution >= 4 is 16.6 Å². The third-order valence-corrected chi connectivity index (χ3v) is 5.20. The van der Waals surface area contributed by atoms with Crippen molar-refractivity contribution in [2.75, 3.05) is 19.0 Å². The molecule has 1 aliphatic heterocycles. The van der Waals surface area contributed by atoms with Crippen LogP contribution in [-0.4, -0.2) is 18.7 Å². The van der Waals surface area contributed by atoms with Gasteiger partial charge in [-0.2, -0.15) is 0 Å². The van der Waals surface area contributed by atoms with Gasteiger partial charge in [-0.15, -0.1) is 0 Å². The van der Waals surface area contributed by atoms with Gasteiger partial charge in [0.25, 0.3) is 0 Å². The summed E-state index contributed by atoms with van der Waals surface area (Å²) in [5.74, 6) is -0.197. The van der Waals surface area contributed by atoms with E-state index < -0.39 is 0 Å². The maximum Gasteiger partial charge on any atom is 0.126 e. The Bertz CT molecular complexity index is 1200. The molecule has 0 atom stereocenters. The smallest absolute Gasteiger partial charge is 0.126 e. The number of halogens is 1. The number of pyridine rings is 1. The Morgan fingerprint density at radius 3 is 2.44 bits per heavy atom. The van der Waals surface area contributed by atoms with Crippen LogP contribution >= 0.6 is 0 Å². The molecule has 3 nitrogen and oxygen atoms in total. The summed E-state index contributed by atoms with van der Waals surface area (Å²) in [6.07, 6.45) is 0. The first-order chi connectivity index (χ1) is 12.9. The molecule has 0 saturated carbocycles. The van der Waals surface area contributed by atoms with Gasteiger partial charge in [0, 0.05) is 43.3 Å². The largest absolute Gasteiger partial charge is 0.378 e. The standard InChI is InChI=1S/C23H22FN3/c1-14-11-15(5-10-20(14)24)23-18-8-6-16(25)12-21(18)27(4)22-13-17(26(2)3)7-9-19(22)23/h5-13,25H,1-4H3. The first-order valence-corrected chi connectivity index (χ1v) is 8.92. The fourth-order valence-electron chi connectivity index (χ4n) is 3.69. The number of hydrogen-bond donors (Lipinski definition) is 1. The quantitative estimate of drug-likeness (QED) is 0.505. The van der Waals surface area contributed by atoms with Gasteiger partial charge in [-0.3, -0.25) is 0 Å². The van der Waals surface area contributed by atoms with Crippen molar-refractivity contribution in [3.05, 3.63) is 71.3 Å². The van der Waals surface area contributed by atoms with Crippen molar-refractivity contribution in [1.29, 1.82) is 5.41 Å². The van der Waals surface area contributed by atoms with Crippen LogP contribution in [0.25, 0.3) is 33.3 Å². The van der Waals surface area contributed by atoms with Crippen LogP contribution in [0.4, 0.5) is 10.1 Å². The maximum absolute atomic E-state index is 13.9. The number of nitrogens with zero attached hydrogens (tertiary/aromatic N) is 2. The molecule has 1 aliphatic carbocycles. The topological polar surface area (TPSA) is 32.0 Å². The van der Waals surface area contributed by atoms with Gasteiger partial charge in [-0.1, -0.05) is 18.2 Å². The molecule has 2 aliphatic rings. The van der Waals surface area contributed by atoms with Crippen molar-refractivity contribution in [1.82, 2.24) is 4.57 Å². The van der Waals surface area contributed by atoms with E-state index in [-0.39, 0.29) is 5.82 Å². The lowest BCUT2D eigenvalue weighted by Crippen LogP contribution is -2.11. The Balaban J connectivity index is 2.19. The van der Waals surface area contributed by atoms with Gasteiger partial charge in [0.1, 0.15) is 5.82 Å². The summed E-state index contributed by atoms with van der Waals surface area (Å²) in [4.78, 5) is 2.08. The molecule has 136 valence electrons. The van der Waals surface area contributed by atoms with Crippen molar-refractivity contribution in [2.45, 2.75) is 6.92 Å². The van der Waals surface area contributed by atoms with E-state index in [1.54, 1.807) is 6.92 Å². The highest BCUT2D eigenvalue weighted by molar-refractivity contribution is 6.04. The van der Waals surface area contributed by atoms with Crippen LogP contribution in [0.1, 0.15) is 5.56 Å². The van der Waals surface area contributed by atoms with Gasteiger partial charge < -0.3 is 14.9 Å². The first kappa shape index (κ1) is 17.3. The lowest BCUT2D eigenvalue weighted by molar-refractivity contribution is 0.619. The Labute approximate surface area is 158 Å². The average molecular weight is 359 g/mol. The first-order valence-electron chi connectivity index (χ1n) is 8.92. The number of aromatic nitrogens is 1. The van der Waals surface area contributed by atoms with Crippen molar-refractivity contribution < 1.29 is 4.39 Å². The van der Waals surface area contributed by atoms with Gasteiger partial charge in [-0.05, 0) is 54.4 Å². The number of anilines is 1. The van der Waals surface area contributed by atoms with Gasteiger partial charge in [0.05, 0.1) is 16.6 Å². The van der Waals surface area contributed by atoms with E-state index in [2.05, 4.69) is 27.7 Å². The lowest BCUT2D eigenvalue weighted by atomic mass is 9.91. The molecule has 1 heterocycles. The van der Waals surface area contributed by atoms with Gasteiger partial charge >= 0.3 is 0 Å². The molecule has 0 saturated heterocycles. The molecule has 1 N–H and O–H groups in total. The number of aryl methyl sites for hydroxylation is 2. The monoisotopic (exact) mass is 359 g/mol. The molecule has 0 spiro atoms. The molecule has 0 amide bonds. The highest BCUT2D eigenvalue weighted by Crippen LogP contribution is 2.40. The number of hydrogen-bond acceptors (Lipinski definition) is 2. The summed E-state index contributed by atoms with van der Waals surface area (Å²) in [7, 11) is 6.08. The summed E-state index contributed by atoms with van der Waals surface area (Å²) in [6.45, 7) is 1.79. The molecule has 2 aromatic rings. The third kappa shape index (κ3) is 2.78. The molecule has 4 rings (SSSR count). The predicted octanol–water partition coefficient (Wildman–Crippen LogP) is 4.94. The van der Waals surface area contributed by atoms with Crippen LogP contribution in [0.15, 0.2) is 54.6 Å². The molecular weight excluding hydrogens is 337 g/mol. The summed E-state index contributed by atoms with van der Waals surface area (Å²) >= 11 is 0. The highest BCUT2D eigenvalue weighted by Gasteiger charge is 2.18. The Hall–Kier alpha value is -3.14. The van der Waals surface area contributed by atoms with E-state index in [9.17, 15) is 4.39 Å². The van der Waals surface area contributed by atoms with Crippen molar-refractivity contribution in [2.24, 2.45) is 7.05 Å². The second-order valence-corrected chi connectivity index (χ2v) is 7.23. The minimum absolute atomic E-state index is 0.197. The zero-order valence-electron chi connectivity index (χ0n) is 16.0. The summed E-state index contributed by atoms with van der Waals surface area (Å²) in [5, 5.41) is 9.64. The second kappa shape index (κ2) is 6.23. The Kier molecular flexibility index (Phi) is 3.99.